The standard InChI is InChI=1S/C20H20N4O2/c25-24(26)19-13-11-16(12-14-19)20(15-21-17-7-3-1-4-8-17)23-22-18-9-5-2-6-10-18/h2,5-6,9-14,17H,1,3-4,7-8H2. The van der Waals surface area contributed by atoms with E-state index in [9.17, 15) is 10.1 Å². The van der Waals surface area contributed by atoms with E-state index in [1.54, 1.807) is 12.1 Å². The Hall–Kier alpha value is -3.11. The molecule has 2 aromatic rings. The van der Waals surface area contributed by atoms with Crippen molar-refractivity contribution in [2.24, 2.45) is 15.2 Å². The quantitative estimate of drug-likeness (QED) is 0.299. The lowest BCUT2D eigenvalue weighted by atomic mass is 9.96. The molecule has 132 valence electrons. The number of azo groups is 1. The molecule has 3 rings (SSSR count). The third kappa shape index (κ3) is 4.94. The summed E-state index contributed by atoms with van der Waals surface area (Å²) in [6.07, 6.45) is 5.77. The molecule has 0 bridgehead atoms. The van der Waals surface area contributed by atoms with E-state index >= 15 is 0 Å². The van der Waals surface area contributed by atoms with Crippen molar-refractivity contribution in [3.63, 3.8) is 0 Å². The van der Waals surface area contributed by atoms with Crippen molar-refractivity contribution >= 4 is 22.9 Å². The number of aliphatic imine (C=N–C) groups is 1. The molecule has 1 aliphatic carbocycles. The molecule has 1 saturated carbocycles. The van der Waals surface area contributed by atoms with Gasteiger partial charge in [0.1, 0.15) is 0 Å². The fourth-order valence-electron chi connectivity index (χ4n) is 2.85. The Morgan fingerprint density at radius 1 is 1.00 bits per heavy atom. The summed E-state index contributed by atoms with van der Waals surface area (Å²) >= 11 is 0. The molecule has 1 aliphatic rings. The zero-order chi connectivity index (χ0) is 18.2. The van der Waals surface area contributed by atoms with Gasteiger partial charge in [-0.2, -0.15) is 0 Å². The van der Waals surface area contributed by atoms with E-state index in [1.807, 2.05) is 30.3 Å². The van der Waals surface area contributed by atoms with Gasteiger partial charge in [-0.05, 0) is 37.1 Å². The van der Waals surface area contributed by atoms with E-state index in [4.69, 9.17) is 0 Å². The van der Waals surface area contributed by atoms with E-state index in [0.717, 1.165) is 18.5 Å². The van der Waals surface area contributed by atoms with Crippen LogP contribution in [0.3, 0.4) is 0 Å². The van der Waals surface area contributed by atoms with Gasteiger partial charge in [0.25, 0.3) is 5.69 Å². The van der Waals surface area contributed by atoms with Crippen molar-refractivity contribution < 1.29 is 4.92 Å². The van der Waals surface area contributed by atoms with Gasteiger partial charge in [-0.15, -0.1) is 10.2 Å². The minimum Gasteiger partial charge on any atom is -0.258 e. The average Bonchev–Trinajstić information content (AvgIpc) is 2.70. The molecule has 0 N–H and O–H groups in total. The highest BCUT2D eigenvalue weighted by Gasteiger charge is 2.11. The molecule has 0 aliphatic heterocycles. The van der Waals surface area contributed by atoms with Crippen LogP contribution in [0.15, 0.2) is 69.8 Å². The maximum absolute atomic E-state index is 10.8. The smallest absolute Gasteiger partial charge is 0.258 e. The third-order valence-corrected chi connectivity index (χ3v) is 4.30. The number of rotatable bonds is 5. The minimum absolute atomic E-state index is 0.0392. The van der Waals surface area contributed by atoms with Gasteiger partial charge in [0, 0.05) is 23.6 Å². The van der Waals surface area contributed by atoms with Gasteiger partial charge in [0.15, 0.2) is 5.70 Å². The Kier molecular flexibility index (Phi) is 6.01. The molecule has 2 aromatic carbocycles. The predicted octanol–water partition coefficient (Wildman–Crippen LogP) is 5.72. The van der Waals surface area contributed by atoms with Crippen LogP contribution in [0, 0.1) is 10.1 Å². The lowest BCUT2D eigenvalue weighted by Crippen LogP contribution is -2.08. The topological polar surface area (TPSA) is 80.2 Å². The number of nitro groups is 1. The highest BCUT2D eigenvalue weighted by Crippen LogP contribution is 2.22. The Bertz CT molecular complexity index is 832. The SMILES string of the molecule is O=[N+]([O-])c1ccc(C(=C=NC2CCCCC2)N=Nc2ccccc2)cc1. The Balaban J connectivity index is 1.91. The summed E-state index contributed by atoms with van der Waals surface area (Å²) in [6, 6.07) is 15.9. The van der Waals surface area contributed by atoms with Crippen LogP contribution in [-0.4, -0.2) is 16.8 Å². The first-order valence-corrected chi connectivity index (χ1v) is 8.77. The molecule has 0 radical (unpaired) electrons. The number of hydrogen-bond acceptors (Lipinski definition) is 5. The van der Waals surface area contributed by atoms with Crippen LogP contribution in [0.1, 0.15) is 37.7 Å². The molecule has 6 heteroatoms. The molecule has 0 unspecified atom stereocenters. The first kappa shape index (κ1) is 17.7. The van der Waals surface area contributed by atoms with Crippen LogP contribution in [0.2, 0.25) is 0 Å². The summed E-state index contributed by atoms with van der Waals surface area (Å²) < 4.78 is 0. The lowest BCUT2D eigenvalue weighted by Gasteiger charge is -2.15. The highest BCUT2D eigenvalue weighted by atomic mass is 16.6. The van der Waals surface area contributed by atoms with E-state index < -0.39 is 4.92 Å². The normalized spacial score (nSPS) is 14.8. The fraction of sp³-hybridized carbons (Fsp3) is 0.300. The van der Waals surface area contributed by atoms with Crippen LogP contribution in [0.4, 0.5) is 11.4 Å². The molecular weight excluding hydrogens is 328 g/mol. The number of nitro benzene ring substituents is 1. The largest absolute Gasteiger partial charge is 0.269 e. The minimum atomic E-state index is -0.422. The average molecular weight is 348 g/mol. The molecule has 0 amide bonds. The molecule has 0 spiro atoms. The molecular formula is C20H20N4O2. The molecule has 0 atom stereocenters. The van der Waals surface area contributed by atoms with Crippen molar-refractivity contribution in [2.75, 3.05) is 0 Å². The first-order chi connectivity index (χ1) is 12.7. The molecule has 0 aromatic heterocycles. The summed E-state index contributed by atoms with van der Waals surface area (Å²) in [5.41, 5.74) is 1.95. The molecule has 26 heavy (non-hydrogen) atoms. The van der Waals surface area contributed by atoms with Crippen LogP contribution in [0.5, 0.6) is 0 Å². The van der Waals surface area contributed by atoms with Gasteiger partial charge in [-0.1, -0.05) is 37.5 Å². The third-order valence-electron chi connectivity index (χ3n) is 4.30. The zero-order valence-electron chi connectivity index (χ0n) is 14.4. The molecule has 1 fully saturated rings. The van der Waals surface area contributed by atoms with E-state index in [0.29, 0.717) is 11.3 Å². The molecule has 6 nitrogen and oxygen atoms in total. The van der Waals surface area contributed by atoms with E-state index in [2.05, 4.69) is 21.1 Å². The van der Waals surface area contributed by atoms with Crippen molar-refractivity contribution in [2.45, 2.75) is 38.1 Å². The van der Waals surface area contributed by atoms with Crippen molar-refractivity contribution in [1.82, 2.24) is 0 Å². The second-order valence-corrected chi connectivity index (χ2v) is 6.22. The van der Waals surface area contributed by atoms with Gasteiger partial charge >= 0.3 is 0 Å². The van der Waals surface area contributed by atoms with Crippen LogP contribution in [-0.2, 0) is 0 Å². The predicted molar refractivity (Wildman–Crippen MR) is 102 cm³/mol. The van der Waals surface area contributed by atoms with Gasteiger partial charge in [-0.3, -0.25) is 10.1 Å². The van der Waals surface area contributed by atoms with E-state index in [1.165, 1.54) is 31.4 Å². The number of benzene rings is 2. The van der Waals surface area contributed by atoms with Crippen molar-refractivity contribution in [1.29, 1.82) is 0 Å². The monoisotopic (exact) mass is 348 g/mol. The number of hydrogen-bond donors (Lipinski definition) is 0. The summed E-state index contributed by atoms with van der Waals surface area (Å²) in [5.74, 6) is 3.04. The van der Waals surface area contributed by atoms with Crippen molar-refractivity contribution in [3.05, 3.63) is 70.3 Å². The second-order valence-electron chi connectivity index (χ2n) is 6.22. The van der Waals surface area contributed by atoms with Crippen molar-refractivity contribution in [3.8, 4) is 0 Å². The maximum Gasteiger partial charge on any atom is 0.269 e. The van der Waals surface area contributed by atoms with Crippen LogP contribution in [0.25, 0.3) is 5.70 Å². The maximum atomic E-state index is 10.8. The number of nitrogens with zero attached hydrogens (tertiary/aromatic N) is 4. The zero-order valence-corrected chi connectivity index (χ0v) is 14.4. The highest BCUT2D eigenvalue weighted by molar-refractivity contribution is 5.89. The number of non-ortho nitro benzene ring substituents is 1. The molecule has 0 saturated heterocycles. The van der Waals surface area contributed by atoms with Crippen LogP contribution < -0.4 is 0 Å². The summed E-state index contributed by atoms with van der Waals surface area (Å²) in [5, 5.41) is 19.4. The molecule has 0 heterocycles. The summed E-state index contributed by atoms with van der Waals surface area (Å²) in [7, 11) is 0. The van der Waals surface area contributed by atoms with Gasteiger partial charge in [-0.25, -0.2) is 4.99 Å². The lowest BCUT2D eigenvalue weighted by molar-refractivity contribution is -0.384. The first-order valence-electron chi connectivity index (χ1n) is 8.77. The Morgan fingerprint density at radius 3 is 2.35 bits per heavy atom. The Morgan fingerprint density at radius 2 is 1.69 bits per heavy atom. The second kappa shape index (κ2) is 8.83. The van der Waals surface area contributed by atoms with Gasteiger partial charge in [0.2, 0.25) is 0 Å². The fourth-order valence-corrected chi connectivity index (χ4v) is 2.85. The van der Waals surface area contributed by atoms with Gasteiger partial charge in [0.05, 0.1) is 16.7 Å². The van der Waals surface area contributed by atoms with E-state index in [-0.39, 0.29) is 11.7 Å². The van der Waals surface area contributed by atoms with Gasteiger partial charge < -0.3 is 0 Å². The summed E-state index contributed by atoms with van der Waals surface area (Å²) in [4.78, 5) is 15.0. The Labute approximate surface area is 152 Å². The summed E-state index contributed by atoms with van der Waals surface area (Å²) in [6.45, 7) is 0. The van der Waals surface area contributed by atoms with Crippen LogP contribution >= 0.6 is 0 Å².